The number of hydrogen-bond acceptors (Lipinski definition) is 3. The average molecular weight is 267 g/mol. The van der Waals surface area contributed by atoms with Gasteiger partial charge < -0.3 is 11.1 Å². The van der Waals surface area contributed by atoms with E-state index in [2.05, 4.69) is 24.1 Å². The maximum absolute atomic E-state index is 11.9. The van der Waals surface area contributed by atoms with E-state index in [1.165, 1.54) is 25.7 Å². The molecule has 1 amide bonds. The Morgan fingerprint density at radius 2 is 2.05 bits per heavy atom. The van der Waals surface area contributed by atoms with Gasteiger partial charge in [-0.25, -0.2) is 0 Å². The van der Waals surface area contributed by atoms with E-state index < -0.39 is 5.54 Å². The van der Waals surface area contributed by atoms with Gasteiger partial charge in [0.2, 0.25) is 5.91 Å². The van der Waals surface area contributed by atoms with Crippen LogP contribution in [0.25, 0.3) is 0 Å². The zero-order valence-corrected chi connectivity index (χ0v) is 12.5. The van der Waals surface area contributed by atoms with Gasteiger partial charge in [0, 0.05) is 12.1 Å². The Balaban J connectivity index is 2.07. The molecule has 0 saturated heterocycles. The average Bonchev–Trinajstić information content (AvgIpc) is 3.20. The molecule has 0 radical (unpaired) electrons. The van der Waals surface area contributed by atoms with E-state index in [0.29, 0.717) is 6.04 Å². The highest BCUT2D eigenvalue weighted by atomic mass is 16.1. The second-order valence-corrected chi connectivity index (χ2v) is 6.20. The van der Waals surface area contributed by atoms with Crippen molar-refractivity contribution in [2.75, 3.05) is 13.1 Å². The molecule has 0 aliphatic heterocycles. The first-order valence-electron chi connectivity index (χ1n) is 7.93. The molecule has 19 heavy (non-hydrogen) atoms. The lowest BCUT2D eigenvalue weighted by molar-refractivity contribution is -0.126. The van der Waals surface area contributed by atoms with Gasteiger partial charge in [0.05, 0.1) is 5.54 Å². The molecule has 2 aliphatic rings. The van der Waals surface area contributed by atoms with E-state index in [9.17, 15) is 4.79 Å². The van der Waals surface area contributed by atoms with Crippen LogP contribution in [0.15, 0.2) is 0 Å². The van der Waals surface area contributed by atoms with Crippen LogP contribution >= 0.6 is 0 Å². The summed E-state index contributed by atoms with van der Waals surface area (Å²) >= 11 is 0. The van der Waals surface area contributed by atoms with E-state index in [0.717, 1.165) is 38.4 Å². The Morgan fingerprint density at radius 1 is 1.32 bits per heavy atom. The summed E-state index contributed by atoms with van der Waals surface area (Å²) in [5.74, 6) is -0.161. The molecule has 2 rings (SSSR count). The number of amides is 1. The largest absolute Gasteiger partial charge is 0.368 e. The lowest BCUT2D eigenvalue weighted by atomic mass is 9.77. The topological polar surface area (TPSA) is 58.4 Å². The summed E-state index contributed by atoms with van der Waals surface area (Å²) in [4.78, 5) is 14.6. The Bertz CT molecular complexity index is 313. The summed E-state index contributed by atoms with van der Waals surface area (Å²) in [5, 5.41) is 3.38. The molecule has 2 unspecified atom stereocenters. The Hall–Kier alpha value is -0.610. The minimum Gasteiger partial charge on any atom is -0.368 e. The second kappa shape index (κ2) is 6.23. The van der Waals surface area contributed by atoms with E-state index in [-0.39, 0.29) is 5.91 Å². The summed E-state index contributed by atoms with van der Waals surface area (Å²) in [6.07, 6.45) is 7.98. The molecule has 0 spiro atoms. The molecule has 0 aromatic heterocycles. The lowest BCUT2D eigenvalue weighted by Crippen LogP contribution is -2.60. The maximum Gasteiger partial charge on any atom is 0.237 e. The van der Waals surface area contributed by atoms with Crippen molar-refractivity contribution in [3.05, 3.63) is 0 Å². The molecule has 110 valence electrons. The first kappa shape index (κ1) is 14.8. The van der Waals surface area contributed by atoms with Crippen LogP contribution in [0.3, 0.4) is 0 Å². The molecule has 4 nitrogen and oxygen atoms in total. The van der Waals surface area contributed by atoms with Crippen molar-refractivity contribution in [1.29, 1.82) is 0 Å². The zero-order valence-electron chi connectivity index (χ0n) is 12.5. The molecule has 2 aliphatic carbocycles. The third-order valence-corrected chi connectivity index (χ3v) is 4.68. The number of primary amides is 1. The highest BCUT2D eigenvalue weighted by Crippen LogP contribution is 2.37. The molecule has 2 atom stereocenters. The normalized spacial score (nSPS) is 31.6. The van der Waals surface area contributed by atoms with Gasteiger partial charge in [-0.15, -0.1) is 0 Å². The number of likely N-dealkylation sites (N-methyl/N-ethyl adjacent to an activating group) is 1. The van der Waals surface area contributed by atoms with Gasteiger partial charge in [-0.05, 0) is 58.0 Å². The number of carbonyl (C=O) groups excluding carboxylic acids is 1. The smallest absolute Gasteiger partial charge is 0.237 e. The minimum atomic E-state index is -0.460. The summed E-state index contributed by atoms with van der Waals surface area (Å²) in [6, 6.07) is 1.31. The van der Waals surface area contributed by atoms with Crippen LogP contribution in [0.1, 0.15) is 58.8 Å². The molecule has 0 heterocycles. The number of rotatable bonds is 7. The molecule has 4 heteroatoms. The maximum atomic E-state index is 11.9. The van der Waals surface area contributed by atoms with Gasteiger partial charge in [0.1, 0.15) is 0 Å². The quantitative estimate of drug-likeness (QED) is 0.737. The molecule has 0 aromatic rings. The van der Waals surface area contributed by atoms with E-state index >= 15 is 0 Å². The van der Waals surface area contributed by atoms with Crippen molar-refractivity contribution in [3.8, 4) is 0 Å². The first-order valence-corrected chi connectivity index (χ1v) is 7.93. The van der Waals surface area contributed by atoms with Gasteiger partial charge in [0.15, 0.2) is 0 Å². The highest BCUT2D eigenvalue weighted by molar-refractivity contribution is 5.84. The van der Waals surface area contributed by atoms with Crippen LogP contribution in [0.4, 0.5) is 0 Å². The standard InChI is InChI=1S/C15H29N3O/c1-3-10-18(12-7-8-12)13-6-5-9-15(11-13,14(16)19)17-4-2/h12-13,17H,3-11H2,1-2H3,(H2,16,19). The van der Waals surface area contributed by atoms with Gasteiger partial charge in [-0.2, -0.15) is 0 Å². The number of hydrogen-bond donors (Lipinski definition) is 2. The molecule has 3 N–H and O–H groups in total. The highest BCUT2D eigenvalue weighted by Gasteiger charge is 2.44. The van der Waals surface area contributed by atoms with Crippen molar-refractivity contribution in [3.63, 3.8) is 0 Å². The molecule has 0 aromatic carbocycles. The molecular formula is C15H29N3O. The molecule has 0 bridgehead atoms. The molecular weight excluding hydrogens is 238 g/mol. The van der Waals surface area contributed by atoms with Gasteiger partial charge in [-0.1, -0.05) is 13.8 Å². The third-order valence-electron chi connectivity index (χ3n) is 4.68. The van der Waals surface area contributed by atoms with Crippen LogP contribution in [0.2, 0.25) is 0 Å². The summed E-state index contributed by atoms with van der Waals surface area (Å²) in [7, 11) is 0. The van der Waals surface area contributed by atoms with Crippen molar-refractivity contribution < 1.29 is 4.79 Å². The SMILES string of the molecule is CCCN(C1CC1)C1CCCC(NCC)(C(N)=O)C1. The molecule has 2 saturated carbocycles. The van der Waals surface area contributed by atoms with E-state index in [4.69, 9.17) is 5.73 Å². The fourth-order valence-corrected chi connectivity index (χ4v) is 3.67. The van der Waals surface area contributed by atoms with Crippen LogP contribution in [0.5, 0.6) is 0 Å². The predicted octanol–water partition coefficient (Wildman–Crippen LogP) is 1.64. The van der Waals surface area contributed by atoms with E-state index in [1.807, 2.05) is 0 Å². The number of nitrogens with zero attached hydrogens (tertiary/aromatic N) is 1. The zero-order chi connectivity index (χ0) is 13.9. The Kier molecular flexibility index (Phi) is 4.85. The van der Waals surface area contributed by atoms with Gasteiger partial charge in [-0.3, -0.25) is 9.69 Å². The van der Waals surface area contributed by atoms with Crippen molar-refractivity contribution >= 4 is 5.91 Å². The number of carbonyl (C=O) groups is 1. The van der Waals surface area contributed by atoms with Gasteiger partial charge >= 0.3 is 0 Å². The lowest BCUT2D eigenvalue weighted by Gasteiger charge is -2.43. The number of nitrogens with two attached hydrogens (primary N) is 1. The van der Waals surface area contributed by atoms with Crippen molar-refractivity contribution in [2.45, 2.75) is 76.4 Å². The summed E-state index contributed by atoms with van der Waals surface area (Å²) < 4.78 is 0. The van der Waals surface area contributed by atoms with Crippen LogP contribution < -0.4 is 11.1 Å². The Labute approximate surface area is 117 Å². The second-order valence-electron chi connectivity index (χ2n) is 6.20. The van der Waals surface area contributed by atoms with Crippen LogP contribution in [0, 0.1) is 0 Å². The fraction of sp³-hybridized carbons (Fsp3) is 0.933. The van der Waals surface area contributed by atoms with Crippen LogP contribution in [-0.4, -0.2) is 41.5 Å². The summed E-state index contributed by atoms with van der Waals surface area (Å²) in [5.41, 5.74) is 5.24. The Morgan fingerprint density at radius 3 is 2.58 bits per heavy atom. The minimum absolute atomic E-state index is 0.161. The fourth-order valence-electron chi connectivity index (χ4n) is 3.67. The van der Waals surface area contributed by atoms with Gasteiger partial charge in [0.25, 0.3) is 0 Å². The van der Waals surface area contributed by atoms with Crippen molar-refractivity contribution in [1.82, 2.24) is 10.2 Å². The number of nitrogens with one attached hydrogen (secondary N) is 1. The summed E-state index contributed by atoms with van der Waals surface area (Å²) in [6.45, 7) is 6.27. The van der Waals surface area contributed by atoms with E-state index in [1.54, 1.807) is 0 Å². The first-order chi connectivity index (χ1) is 9.13. The monoisotopic (exact) mass is 267 g/mol. The molecule has 2 fully saturated rings. The van der Waals surface area contributed by atoms with Crippen molar-refractivity contribution in [2.24, 2.45) is 5.73 Å². The van der Waals surface area contributed by atoms with Crippen LogP contribution in [-0.2, 0) is 4.79 Å². The third kappa shape index (κ3) is 3.29. The predicted molar refractivity (Wildman–Crippen MR) is 77.9 cm³/mol.